The molecule has 0 saturated heterocycles. The van der Waals surface area contributed by atoms with Gasteiger partial charge in [-0.05, 0) is 85.7 Å². The summed E-state index contributed by atoms with van der Waals surface area (Å²) >= 11 is 0. The molecule has 11 heteroatoms. The van der Waals surface area contributed by atoms with Crippen LogP contribution in [-0.4, -0.2) is 75.9 Å². The fourth-order valence-corrected chi connectivity index (χ4v) is 6.55. The van der Waals surface area contributed by atoms with Crippen molar-refractivity contribution < 1.29 is 27.5 Å². The van der Waals surface area contributed by atoms with Gasteiger partial charge >= 0.3 is 43.8 Å². The molecule has 0 aliphatic heterocycles. The maximum atomic E-state index is 12.9. The maximum absolute atomic E-state index is 12.9. The van der Waals surface area contributed by atoms with Crippen LogP contribution < -0.4 is 14.8 Å². The Bertz CT molecular complexity index is 1730. The number of carbonyl (C=O) groups excluding carboxylic acids is 2. The van der Waals surface area contributed by atoms with Crippen LogP contribution in [0.2, 0.25) is 0 Å². The third kappa shape index (κ3) is 7.11. The average molecular weight is 618 g/mol. The number of anilines is 1. The van der Waals surface area contributed by atoms with Gasteiger partial charge in [0.1, 0.15) is 11.9 Å². The molecule has 0 radical (unpaired) electrons. The molecule has 3 aromatic carbocycles. The number of sulfonamides is 1. The van der Waals surface area contributed by atoms with Crippen LogP contribution in [0.4, 0.5) is 10.5 Å². The molecule has 218 valence electrons. The van der Waals surface area contributed by atoms with Crippen molar-refractivity contribution in [2.24, 2.45) is 7.05 Å². The molecule has 0 atom stereocenters. The van der Waals surface area contributed by atoms with E-state index in [1.807, 2.05) is 36.0 Å². The summed E-state index contributed by atoms with van der Waals surface area (Å²) in [6, 6.07) is 17.1. The zero-order valence-corrected chi connectivity index (χ0v) is 24.1. The summed E-state index contributed by atoms with van der Waals surface area (Å²) in [7, 11) is -0.583. The summed E-state index contributed by atoms with van der Waals surface area (Å²) < 4.78 is 40.9. The Balaban J connectivity index is 0.00000405. The number of hydrogen-bond acceptors (Lipinski definition) is 6. The molecule has 2 amide bonds. The molecule has 1 aliphatic carbocycles. The molecule has 5 rings (SSSR count). The van der Waals surface area contributed by atoms with Crippen LogP contribution in [-0.2, 0) is 28.2 Å². The van der Waals surface area contributed by atoms with Gasteiger partial charge in [0.15, 0.2) is 0 Å². The molecule has 42 heavy (non-hydrogen) atoms. The van der Waals surface area contributed by atoms with Gasteiger partial charge in [-0.15, -0.1) is 0 Å². The predicted octanol–water partition coefficient (Wildman–Crippen LogP) is 4.78. The van der Waals surface area contributed by atoms with E-state index in [0.717, 1.165) is 47.7 Å². The van der Waals surface area contributed by atoms with Gasteiger partial charge in [0.05, 0.1) is 12.0 Å². The van der Waals surface area contributed by atoms with Crippen molar-refractivity contribution in [2.75, 3.05) is 12.4 Å². The fraction of sp³-hybridized carbons (Fsp3) is 0.290. The van der Waals surface area contributed by atoms with E-state index in [9.17, 15) is 18.0 Å². The molecule has 1 fully saturated rings. The number of nitrogens with zero attached hydrogens (tertiary/aromatic N) is 1. The van der Waals surface area contributed by atoms with Crippen LogP contribution >= 0.6 is 0 Å². The Morgan fingerprint density at radius 1 is 1.00 bits per heavy atom. The van der Waals surface area contributed by atoms with Crippen molar-refractivity contribution in [2.45, 2.75) is 50.0 Å². The Morgan fingerprint density at radius 3 is 2.45 bits per heavy atom. The second kappa shape index (κ2) is 13.5. The van der Waals surface area contributed by atoms with Crippen LogP contribution in [0, 0.1) is 6.92 Å². The van der Waals surface area contributed by atoms with Crippen molar-refractivity contribution in [3.05, 3.63) is 89.1 Å². The van der Waals surface area contributed by atoms with Crippen molar-refractivity contribution in [1.82, 2.24) is 9.29 Å². The Labute approximate surface area is 275 Å². The number of amides is 2. The zero-order valence-electron chi connectivity index (χ0n) is 23.3. The first-order valence-electron chi connectivity index (χ1n) is 13.5. The number of rotatable bonds is 8. The summed E-state index contributed by atoms with van der Waals surface area (Å²) in [5, 5.41) is 3.81. The molecule has 0 unspecified atom stereocenters. The molecule has 4 aromatic rings. The van der Waals surface area contributed by atoms with Gasteiger partial charge in [-0.25, -0.2) is 17.9 Å². The molecule has 9 nitrogen and oxygen atoms in total. The first-order chi connectivity index (χ1) is 19.6. The number of nitrogens with one attached hydrogen (secondary N) is 2. The van der Waals surface area contributed by atoms with Gasteiger partial charge in [-0.3, -0.25) is 10.1 Å². The number of benzene rings is 3. The van der Waals surface area contributed by atoms with Gasteiger partial charge in [0, 0.05) is 41.8 Å². The van der Waals surface area contributed by atoms with Gasteiger partial charge in [0.25, 0.3) is 15.9 Å². The van der Waals surface area contributed by atoms with Crippen LogP contribution in [0.3, 0.4) is 0 Å². The Morgan fingerprint density at radius 2 is 1.74 bits per heavy atom. The third-order valence-electron chi connectivity index (χ3n) is 7.43. The minimum atomic E-state index is -4.04. The SMILES string of the molecule is COc1cc(C(=O)NS(=O)(=O)c2ccccc2C)ccc1Cc1cn(C)c2ccc(NC(=O)OC3CCCC3)cc12.[CaH2]. The van der Waals surface area contributed by atoms with E-state index in [1.165, 1.54) is 19.2 Å². The van der Waals surface area contributed by atoms with Crippen LogP contribution in [0.1, 0.15) is 52.7 Å². The molecule has 1 saturated carbocycles. The number of aromatic nitrogens is 1. The molecular formula is C31H35CaN3O6S. The molecule has 1 aromatic heterocycles. The number of hydrogen-bond donors (Lipinski definition) is 2. The summed E-state index contributed by atoms with van der Waals surface area (Å²) in [5.74, 6) is -0.291. The molecule has 2 N–H and O–H groups in total. The number of carbonyl (C=O) groups is 2. The normalized spacial score (nSPS) is 13.4. The van der Waals surface area contributed by atoms with Crippen molar-refractivity contribution >= 4 is 76.4 Å². The average Bonchev–Trinajstić information content (AvgIpc) is 3.56. The Kier molecular flexibility index (Phi) is 10.2. The molecule has 1 aliphatic rings. The monoisotopic (exact) mass is 617 g/mol. The van der Waals surface area contributed by atoms with E-state index >= 15 is 0 Å². The van der Waals surface area contributed by atoms with E-state index in [1.54, 1.807) is 37.3 Å². The summed E-state index contributed by atoms with van der Waals surface area (Å²) in [5.41, 5.74) is 4.14. The summed E-state index contributed by atoms with van der Waals surface area (Å²) in [6.07, 6.45) is 6.00. The van der Waals surface area contributed by atoms with Gasteiger partial charge < -0.3 is 14.0 Å². The van der Waals surface area contributed by atoms with Crippen LogP contribution in [0.15, 0.2) is 71.8 Å². The van der Waals surface area contributed by atoms with E-state index in [0.29, 0.717) is 23.4 Å². The second-order valence-corrected chi connectivity index (χ2v) is 12.0. The first kappa shape index (κ1) is 31.9. The minimum absolute atomic E-state index is 0. The number of methoxy groups -OCH3 is 1. The number of fused-ring (bicyclic) bond motifs is 1. The predicted molar refractivity (Wildman–Crippen MR) is 165 cm³/mol. The fourth-order valence-electron chi connectivity index (χ4n) is 5.33. The van der Waals surface area contributed by atoms with Gasteiger partial charge in [-0.1, -0.05) is 24.3 Å². The molecule has 1 heterocycles. The van der Waals surface area contributed by atoms with Crippen molar-refractivity contribution in [3.63, 3.8) is 0 Å². The van der Waals surface area contributed by atoms with Gasteiger partial charge in [0.2, 0.25) is 0 Å². The first-order valence-corrected chi connectivity index (χ1v) is 15.0. The summed E-state index contributed by atoms with van der Waals surface area (Å²) in [4.78, 5) is 25.4. The van der Waals surface area contributed by atoms with E-state index in [2.05, 4.69) is 10.0 Å². The standard InChI is InChI=1S/C31H33N3O6S.Ca.2H/c1-20-8-4-7-11-29(20)41(37,38)33-30(35)22-13-12-21(28(17-22)39-3)16-23-19-34(2)27-15-14-24(18-26(23)27)32-31(36)40-25-9-5-6-10-25;;;/h4,7-8,11-15,17-19,25H,5-6,9-10,16H2,1-3H3,(H,32,36)(H,33,35);;;. The molecule has 0 bridgehead atoms. The van der Waals surface area contributed by atoms with Crippen molar-refractivity contribution in [3.8, 4) is 5.75 Å². The zero-order chi connectivity index (χ0) is 29.1. The second-order valence-electron chi connectivity index (χ2n) is 10.3. The summed E-state index contributed by atoms with van der Waals surface area (Å²) in [6.45, 7) is 1.67. The molecular weight excluding hydrogens is 583 g/mol. The van der Waals surface area contributed by atoms with E-state index in [-0.39, 0.29) is 54.3 Å². The van der Waals surface area contributed by atoms with Crippen molar-refractivity contribution in [1.29, 1.82) is 0 Å². The van der Waals surface area contributed by atoms with Gasteiger partial charge in [-0.2, -0.15) is 0 Å². The molecule has 0 spiro atoms. The third-order valence-corrected chi connectivity index (χ3v) is 8.93. The van der Waals surface area contributed by atoms with Crippen LogP contribution in [0.25, 0.3) is 10.9 Å². The number of aryl methyl sites for hydroxylation is 2. The number of ether oxygens (including phenoxy) is 2. The van der Waals surface area contributed by atoms with E-state index in [4.69, 9.17) is 9.47 Å². The Hall–Kier alpha value is -3.05. The quantitative estimate of drug-likeness (QED) is 0.275. The van der Waals surface area contributed by atoms with E-state index < -0.39 is 22.0 Å². The van der Waals surface area contributed by atoms with Crippen LogP contribution in [0.5, 0.6) is 5.75 Å². The topological polar surface area (TPSA) is 116 Å².